The van der Waals surface area contributed by atoms with E-state index in [1.807, 2.05) is 18.2 Å². The Kier molecular flexibility index (Phi) is 5.98. The van der Waals surface area contributed by atoms with Gasteiger partial charge in [0, 0.05) is 12.1 Å². The third-order valence-electron chi connectivity index (χ3n) is 4.72. The summed E-state index contributed by atoms with van der Waals surface area (Å²) in [6.45, 7) is 0.839. The van der Waals surface area contributed by atoms with E-state index in [1.165, 1.54) is 24.3 Å². The molecule has 0 spiro atoms. The molecule has 0 aliphatic carbocycles. The minimum absolute atomic E-state index is 0.0177. The molecule has 1 aromatic heterocycles. The first-order valence-corrected chi connectivity index (χ1v) is 11.0. The second-order valence-electron chi connectivity index (χ2n) is 6.81. The molecule has 2 heterocycles. The van der Waals surface area contributed by atoms with E-state index in [9.17, 15) is 13.2 Å². The molecular formula is C20H20N4O6S. The molecule has 1 amide bonds. The summed E-state index contributed by atoms with van der Waals surface area (Å²) in [5, 5.41) is 9.06. The molecule has 31 heavy (non-hydrogen) atoms. The van der Waals surface area contributed by atoms with Crippen molar-refractivity contribution in [1.82, 2.24) is 15.0 Å². The van der Waals surface area contributed by atoms with Gasteiger partial charge in [-0.1, -0.05) is 23.4 Å². The molecule has 0 bridgehead atoms. The van der Waals surface area contributed by atoms with E-state index in [0.717, 1.165) is 0 Å². The minimum Gasteiger partial charge on any atom is -0.484 e. The Morgan fingerprint density at radius 1 is 1.16 bits per heavy atom. The molecule has 1 saturated heterocycles. The van der Waals surface area contributed by atoms with Crippen molar-refractivity contribution >= 4 is 15.9 Å². The summed E-state index contributed by atoms with van der Waals surface area (Å²) in [7, 11) is -3.79. The lowest BCUT2D eigenvalue weighted by molar-refractivity contribution is -0.143. The van der Waals surface area contributed by atoms with Gasteiger partial charge in [0.1, 0.15) is 11.8 Å². The summed E-state index contributed by atoms with van der Waals surface area (Å²) in [5.74, 6) is 0.853. The van der Waals surface area contributed by atoms with Gasteiger partial charge in [-0.15, -0.1) is 0 Å². The normalized spacial score (nSPS) is 16.8. The number of carbonyl (C=O) groups is 1. The van der Waals surface area contributed by atoms with E-state index < -0.39 is 16.1 Å². The summed E-state index contributed by atoms with van der Waals surface area (Å²) < 4.78 is 39.2. The topological polar surface area (TPSA) is 138 Å². The van der Waals surface area contributed by atoms with E-state index in [4.69, 9.17) is 19.1 Å². The van der Waals surface area contributed by atoms with Crippen LogP contribution in [0.4, 0.5) is 0 Å². The molecule has 0 radical (unpaired) electrons. The zero-order valence-electron chi connectivity index (χ0n) is 16.4. The van der Waals surface area contributed by atoms with Crippen LogP contribution in [0, 0.1) is 0 Å². The maximum absolute atomic E-state index is 12.8. The van der Waals surface area contributed by atoms with Crippen molar-refractivity contribution < 1.29 is 27.2 Å². The Morgan fingerprint density at radius 3 is 2.61 bits per heavy atom. The number of hydrogen-bond acceptors (Lipinski definition) is 8. The summed E-state index contributed by atoms with van der Waals surface area (Å²) in [6.07, 6.45) is 0. The van der Waals surface area contributed by atoms with Gasteiger partial charge in [0.2, 0.25) is 15.8 Å². The van der Waals surface area contributed by atoms with E-state index >= 15 is 0 Å². The number of hydrogen-bond donors (Lipinski definition) is 1. The van der Waals surface area contributed by atoms with Crippen LogP contribution in [-0.4, -0.2) is 55.7 Å². The van der Waals surface area contributed by atoms with Gasteiger partial charge in [-0.25, -0.2) is 13.6 Å². The Hall–Kier alpha value is -3.28. The highest BCUT2D eigenvalue weighted by molar-refractivity contribution is 7.89. The van der Waals surface area contributed by atoms with Gasteiger partial charge >= 0.3 is 0 Å². The van der Waals surface area contributed by atoms with Crippen molar-refractivity contribution in [3.8, 4) is 17.1 Å². The van der Waals surface area contributed by atoms with Crippen molar-refractivity contribution in [1.29, 1.82) is 0 Å². The van der Waals surface area contributed by atoms with Gasteiger partial charge in [0.25, 0.3) is 11.8 Å². The Bertz CT molecular complexity index is 1150. The van der Waals surface area contributed by atoms with Crippen molar-refractivity contribution in [2.75, 3.05) is 26.4 Å². The average molecular weight is 444 g/mol. The summed E-state index contributed by atoms with van der Waals surface area (Å²) in [6, 6.07) is 14.3. The molecule has 1 aliphatic heterocycles. The van der Waals surface area contributed by atoms with Crippen LogP contribution in [0.5, 0.6) is 5.75 Å². The second kappa shape index (κ2) is 8.84. The first-order chi connectivity index (χ1) is 14.9. The smallest absolute Gasteiger partial charge is 0.261 e. The van der Waals surface area contributed by atoms with E-state index in [0.29, 0.717) is 24.5 Å². The van der Waals surface area contributed by atoms with Crippen molar-refractivity contribution in [3.05, 3.63) is 60.5 Å². The zero-order valence-corrected chi connectivity index (χ0v) is 17.2. The van der Waals surface area contributed by atoms with Gasteiger partial charge in [0.15, 0.2) is 6.61 Å². The van der Waals surface area contributed by atoms with Crippen LogP contribution in [0.2, 0.25) is 0 Å². The maximum atomic E-state index is 12.8. The highest BCUT2D eigenvalue weighted by atomic mass is 32.2. The molecule has 1 fully saturated rings. The van der Waals surface area contributed by atoms with Crippen LogP contribution in [0.15, 0.2) is 64.0 Å². The van der Waals surface area contributed by atoms with Gasteiger partial charge in [-0.05, 0) is 36.4 Å². The molecule has 1 unspecified atom stereocenters. The molecule has 1 atom stereocenters. The highest BCUT2D eigenvalue weighted by Gasteiger charge is 2.33. The van der Waals surface area contributed by atoms with Crippen LogP contribution < -0.4 is 9.88 Å². The molecule has 0 saturated carbocycles. The van der Waals surface area contributed by atoms with Crippen molar-refractivity contribution in [2.45, 2.75) is 10.9 Å². The lowest BCUT2D eigenvalue weighted by atomic mass is 10.2. The number of carbonyl (C=O) groups excluding carboxylic acids is 1. The number of amides is 1. The molecule has 4 rings (SSSR count). The van der Waals surface area contributed by atoms with E-state index in [2.05, 4.69) is 10.1 Å². The quantitative estimate of drug-likeness (QED) is 0.601. The van der Waals surface area contributed by atoms with Gasteiger partial charge in [-0.2, -0.15) is 4.98 Å². The van der Waals surface area contributed by atoms with Crippen molar-refractivity contribution in [2.24, 2.45) is 5.14 Å². The number of aromatic nitrogens is 2. The van der Waals surface area contributed by atoms with Gasteiger partial charge in [0.05, 0.1) is 18.1 Å². The van der Waals surface area contributed by atoms with Gasteiger partial charge in [-0.3, -0.25) is 4.79 Å². The lowest BCUT2D eigenvalue weighted by Crippen LogP contribution is -2.45. The van der Waals surface area contributed by atoms with Crippen LogP contribution in [0.25, 0.3) is 11.4 Å². The molecule has 162 valence electrons. The fraction of sp³-hybridized carbons (Fsp3) is 0.250. The van der Waals surface area contributed by atoms with Crippen LogP contribution in [0.1, 0.15) is 11.9 Å². The van der Waals surface area contributed by atoms with Gasteiger partial charge < -0.3 is 18.9 Å². The number of primary sulfonamides is 1. The molecule has 11 heteroatoms. The molecule has 3 aromatic rings. The number of benzene rings is 2. The molecule has 10 nitrogen and oxygen atoms in total. The second-order valence-corrected chi connectivity index (χ2v) is 8.37. The number of ether oxygens (including phenoxy) is 2. The number of morpholine rings is 1. The van der Waals surface area contributed by atoms with E-state index in [-0.39, 0.29) is 35.7 Å². The third-order valence-corrected chi connectivity index (χ3v) is 5.65. The highest BCUT2D eigenvalue weighted by Crippen LogP contribution is 2.26. The first-order valence-electron chi connectivity index (χ1n) is 9.44. The average Bonchev–Trinajstić information content (AvgIpc) is 3.28. The Balaban J connectivity index is 1.48. The number of nitrogens with zero attached hydrogens (tertiary/aromatic N) is 3. The fourth-order valence-electron chi connectivity index (χ4n) is 3.13. The van der Waals surface area contributed by atoms with E-state index in [1.54, 1.807) is 17.0 Å². The lowest BCUT2D eigenvalue weighted by Gasteiger charge is -2.33. The van der Waals surface area contributed by atoms with Crippen LogP contribution >= 0.6 is 0 Å². The predicted molar refractivity (Wildman–Crippen MR) is 108 cm³/mol. The Morgan fingerprint density at radius 2 is 1.90 bits per heavy atom. The Labute approximate surface area is 178 Å². The number of nitrogens with two attached hydrogens (primary N) is 1. The fourth-order valence-corrected chi connectivity index (χ4v) is 3.65. The predicted octanol–water partition coefficient (Wildman–Crippen LogP) is 1.36. The molecular weight excluding hydrogens is 424 g/mol. The largest absolute Gasteiger partial charge is 0.484 e. The van der Waals surface area contributed by atoms with Crippen molar-refractivity contribution in [3.63, 3.8) is 0 Å². The number of para-hydroxylation sites is 1. The summed E-state index contributed by atoms with van der Waals surface area (Å²) in [5.41, 5.74) is 0.546. The molecule has 2 N–H and O–H groups in total. The number of sulfonamides is 1. The number of rotatable bonds is 6. The zero-order chi connectivity index (χ0) is 21.8. The molecule has 2 aromatic carbocycles. The summed E-state index contributed by atoms with van der Waals surface area (Å²) in [4.78, 5) is 18.7. The monoisotopic (exact) mass is 444 g/mol. The summed E-state index contributed by atoms with van der Waals surface area (Å²) >= 11 is 0. The first kappa shape index (κ1) is 21.0. The maximum Gasteiger partial charge on any atom is 0.261 e. The standard InChI is InChI=1S/C20H20N4O6S/c21-31(26,27)16-8-6-14(7-9-16)19-22-20(30-23-19)17-12-28-11-10-24(17)18(25)13-29-15-4-2-1-3-5-15/h1-9,17H,10-13H2,(H2,21,26,27). The SMILES string of the molecule is NS(=O)(=O)c1ccc(-c2noc(C3COCCN3C(=O)COc3ccccc3)n2)cc1. The van der Waals surface area contributed by atoms with Crippen LogP contribution in [-0.2, 0) is 19.6 Å². The minimum atomic E-state index is -3.79. The van der Waals surface area contributed by atoms with Crippen LogP contribution in [0.3, 0.4) is 0 Å². The molecule has 1 aliphatic rings. The third kappa shape index (κ3) is 4.90.